The summed E-state index contributed by atoms with van der Waals surface area (Å²) in [7, 11) is -1.08. The Morgan fingerprint density at radius 2 is 1.80 bits per heavy atom. The van der Waals surface area contributed by atoms with Crippen molar-refractivity contribution in [1.29, 1.82) is 0 Å². The van der Waals surface area contributed by atoms with Gasteiger partial charge in [0.1, 0.15) is 0 Å². The quantitative estimate of drug-likeness (QED) is 0.621. The lowest BCUT2D eigenvalue weighted by atomic mass is 9.98. The van der Waals surface area contributed by atoms with Crippen LogP contribution in [-0.4, -0.2) is 8.07 Å². The van der Waals surface area contributed by atoms with Crippen molar-refractivity contribution in [1.82, 2.24) is 0 Å². The molecule has 15 heavy (non-hydrogen) atoms. The van der Waals surface area contributed by atoms with Crippen molar-refractivity contribution >= 4 is 14.1 Å². The van der Waals surface area contributed by atoms with Gasteiger partial charge in [-0.2, -0.15) is 0 Å². The molecule has 0 radical (unpaired) electrons. The molecule has 0 saturated carbocycles. The maximum Gasteiger partial charge on any atom is 0.0788 e. The molecule has 1 aromatic rings. The molecule has 0 amide bonds. The van der Waals surface area contributed by atoms with Crippen LogP contribution in [0, 0.1) is 0 Å². The Balaban J connectivity index is 2.05. The summed E-state index contributed by atoms with van der Waals surface area (Å²) in [5.74, 6) is 0. The molecule has 2 aliphatic carbocycles. The summed E-state index contributed by atoms with van der Waals surface area (Å²) in [6.45, 7) is 7.33. The van der Waals surface area contributed by atoms with E-state index in [0.29, 0.717) is 0 Å². The van der Waals surface area contributed by atoms with E-state index >= 15 is 0 Å². The fourth-order valence-electron chi connectivity index (χ4n) is 2.62. The third kappa shape index (κ3) is 1.34. The highest BCUT2D eigenvalue weighted by molar-refractivity contribution is 6.86. The molecule has 0 atom stereocenters. The summed E-state index contributed by atoms with van der Waals surface area (Å²) in [4.78, 5) is 0. The largest absolute Gasteiger partial charge is 0.0788 e. The van der Waals surface area contributed by atoms with Crippen LogP contribution in [0.4, 0.5) is 0 Å². The first kappa shape index (κ1) is 9.17. The van der Waals surface area contributed by atoms with E-state index in [1.807, 2.05) is 0 Å². The molecule has 0 saturated heterocycles. The maximum atomic E-state index is 2.44. The van der Waals surface area contributed by atoms with Gasteiger partial charge in [-0.3, -0.25) is 0 Å². The van der Waals surface area contributed by atoms with Crippen LogP contribution in [0.5, 0.6) is 0 Å². The lowest BCUT2D eigenvalue weighted by Crippen LogP contribution is -2.18. The Labute approximate surface area is 92.3 Å². The minimum atomic E-state index is -1.08. The van der Waals surface area contributed by atoms with Crippen LogP contribution < -0.4 is 0 Å². The first-order valence-electron chi connectivity index (χ1n) is 5.61. The molecule has 0 aliphatic heterocycles. The van der Waals surface area contributed by atoms with E-state index in [9.17, 15) is 0 Å². The van der Waals surface area contributed by atoms with Crippen LogP contribution in [-0.2, 0) is 6.42 Å². The van der Waals surface area contributed by atoms with E-state index in [4.69, 9.17) is 0 Å². The second-order valence-electron chi connectivity index (χ2n) is 5.54. The highest BCUT2D eigenvalue weighted by atomic mass is 28.3. The summed E-state index contributed by atoms with van der Waals surface area (Å²) in [5, 5.41) is 1.73. The summed E-state index contributed by atoms with van der Waals surface area (Å²) in [6.07, 6.45) is 3.57. The van der Waals surface area contributed by atoms with Crippen molar-refractivity contribution in [2.45, 2.75) is 26.1 Å². The number of hydrogen-bond donors (Lipinski definition) is 0. The molecule has 3 rings (SSSR count). The van der Waals surface area contributed by atoms with E-state index in [-0.39, 0.29) is 0 Å². The molecular formula is C14H16Si. The third-order valence-electron chi connectivity index (χ3n) is 3.31. The van der Waals surface area contributed by atoms with Gasteiger partial charge in [-0.05, 0) is 40.0 Å². The molecule has 0 spiro atoms. The van der Waals surface area contributed by atoms with Gasteiger partial charge in [-0.1, -0.05) is 43.9 Å². The molecule has 1 heteroatoms. The summed E-state index contributed by atoms with van der Waals surface area (Å²) < 4.78 is 0. The van der Waals surface area contributed by atoms with Gasteiger partial charge < -0.3 is 0 Å². The maximum absolute atomic E-state index is 2.44. The lowest BCUT2D eigenvalue weighted by Gasteiger charge is -2.10. The molecule has 0 nitrogen and oxygen atoms in total. The average Bonchev–Trinajstić information content (AvgIpc) is 2.86. The lowest BCUT2D eigenvalue weighted by molar-refractivity contribution is 1.21. The Morgan fingerprint density at radius 3 is 2.53 bits per heavy atom. The molecule has 0 N–H and O–H groups in total. The van der Waals surface area contributed by atoms with E-state index in [2.05, 4.69) is 50.0 Å². The van der Waals surface area contributed by atoms with Crippen LogP contribution in [0.3, 0.4) is 0 Å². The molecule has 0 bridgehead atoms. The number of rotatable bonds is 1. The Morgan fingerprint density at radius 1 is 1.07 bits per heavy atom. The molecule has 0 fully saturated rings. The first-order chi connectivity index (χ1) is 7.07. The van der Waals surface area contributed by atoms with Crippen LogP contribution >= 0.6 is 0 Å². The van der Waals surface area contributed by atoms with E-state index in [0.717, 1.165) is 0 Å². The van der Waals surface area contributed by atoms with Crippen molar-refractivity contribution < 1.29 is 0 Å². The molecule has 2 aliphatic rings. The molecule has 0 aromatic heterocycles. The van der Waals surface area contributed by atoms with Crippen LogP contribution in [0.25, 0.3) is 6.08 Å². The number of allylic oxidation sites excluding steroid dienone is 3. The van der Waals surface area contributed by atoms with E-state index in [1.165, 1.54) is 17.5 Å². The van der Waals surface area contributed by atoms with Crippen LogP contribution in [0.15, 0.2) is 40.6 Å². The van der Waals surface area contributed by atoms with E-state index < -0.39 is 8.07 Å². The Bertz CT molecular complexity index is 498. The zero-order valence-corrected chi connectivity index (χ0v) is 10.6. The number of hydrogen-bond acceptors (Lipinski definition) is 0. The van der Waals surface area contributed by atoms with Crippen LogP contribution in [0.1, 0.15) is 11.1 Å². The zero-order chi connectivity index (χ0) is 10.6. The molecule has 76 valence electrons. The minimum absolute atomic E-state index is 1.08. The third-order valence-corrected chi connectivity index (χ3v) is 5.38. The second kappa shape index (κ2) is 2.73. The normalized spacial score (nSPS) is 18.2. The molecule has 0 heterocycles. The monoisotopic (exact) mass is 212 g/mol. The van der Waals surface area contributed by atoms with Crippen molar-refractivity contribution in [2.75, 3.05) is 0 Å². The minimum Gasteiger partial charge on any atom is -0.0656 e. The smallest absolute Gasteiger partial charge is 0.0656 e. The van der Waals surface area contributed by atoms with Gasteiger partial charge in [-0.15, -0.1) is 0 Å². The fraction of sp³-hybridized carbons (Fsp3) is 0.286. The Hall–Kier alpha value is -1.08. The number of fused-ring (bicyclic) bond motifs is 2. The predicted molar refractivity (Wildman–Crippen MR) is 68.5 cm³/mol. The van der Waals surface area contributed by atoms with E-state index in [1.54, 1.807) is 16.3 Å². The summed E-state index contributed by atoms with van der Waals surface area (Å²) >= 11 is 0. The first-order valence-corrected chi connectivity index (χ1v) is 9.11. The van der Waals surface area contributed by atoms with Gasteiger partial charge >= 0.3 is 0 Å². The SMILES string of the molecule is C[Si](C)(C)C1=C2Cc3ccccc3C=C21. The van der Waals surface area contributed by atoms with Crippen molar-refractivity contribution in [2.24, 2.45) is 0 Å². The Kier molecular flexibility index (Phi) is 1.67. The highest BCUT2D eigenvalue weighted by Gasteiger charge is 2.40. The summed E-state index contributed by atoms with van der Waals surface area (Å²) in [5.41, 5.74) is 6.19. The number of benzene rings is 1. The van der Waals surface area contributed by atoms with Gasteiger partial charge in [0.2, 0.25) is 0 Å². The molecular weight excluding hydrogens is 196 g/mol. The van der Waals surface area contributed by atoms with Gasteiger partial charge in [0.05, 0.1) is 8.07 Å². The van der Waals surface area contributed by atoms with Gasteiger partial charge in [0, 0.05) is 0 Å². The average molecular weight is 212 g/mol. The fourth-order valence-corrected chi connectivity index (χ4v) is 4.72. The van der Waals surface area contributed by atoms with Crippen molar-refractivity contribution in [3.63, 3.8) is 0 Å². The van der Waals surface area contributed by atoms with Gasteiger partial charge in [0.25, 0.3) is 0 Å². The second-order valence-corrected chi connectivity index (χ2v) is 10.5. The summed E-state index contributed by atoms with van der Waals surface area (Å²) in [6, 6.07) is 8.78. The van der Waals surface area contributed by atoms with Gasteiger partial charge in [0.15, 0.2) is 0 Å². The van der Waals surface area contributed by atoms with Gasteiger partial charge in [-0.25, -0.2) is 0 Å². The highest BCUT2D eigenvalue weighted by Crippen LogP contribution is 2.50. The zero-order valence-electron chi connectivity index (χ0n) is 9.59. The standard InChI is InChI=1S/C14H16Si/c1-15(2,3)14-12-8-10-6-4-5-7-11(10)9-13(12)14/h4-8H,9H2,1-3H3. The topological polar surface area (TPSA) is 0 Å². The van der Waals surface area contributed by atoms with Crippen LogP contribution in [0.2, 0.25) is 19.6 Å². The van der Waals surface area contributed by atoms with Crippen molar-refractivity contribution in [3.05, 3.63) is 51.7 Å². The predicted octanol–water partition coefficient (Wildman–Crippen LogP) is 3.81. The molecule has 0 unspecified atom stereocenters. The molecule has 1 aromatic carbocycles. The van der Waals surface area contributed by atoms with Crippen molar-refractivity contribution in [3.8, 4) is 0 Å².